The van der Waals surface area contributed by atoms with Crippen LogP contribution in [0.25, 0.3) is 0 Å². The number of para-hydroxylation sites is 2. The highest BCUT2D eigenvalue weighted by Gasteiger charge is 2.49. The Morgan fingerprint density at radius 1 is 0.535 bits per heavy atom. The summed E-state index contributed by atoms with van der Waals surface area (Å²) in [5, 5.41) is 16.4. The van der Waals surface area contributed by atoms with E-state index < -0.39 is 40.4 Å². The van der Waals surface area contributed by atoms with Gasteiger partial charge in [-0.15, -0.1) is 20.5 Å². The Labute approximate surface area is 242 Å². The van der Waals surface area contributed by atoms with E-state index >= 15 is 0 Å². The molecular weight excluding hydrogens is 564 g/mol. The molecule has 0 bridgehead atoms. The van der Waals surface area contributed by atoms with Crippen LogP contribution >= 0.6 is 0 Å². The molecule has 0 saturated heterocycles. The quantitative estimate of drug-likeness (QED) is 0.300. The van der Waals surface area contributed by atoms with Crippen LogP contribution in [0.4, 0.5) is 22.7 Å². The van der Waals surface area contributed by atoms with E-state index in [2.05, 4.69) is 20.5 Å². The Bertz CT molecular complexity index is 1910. The molecule has 0 aliphatic carbocycles. The lowest BCUT2D eigenvalue weighted by atomic mass is 10.3. The molecule has 16 heteroatoms. The monoisotopic (exact) mass is 590 g/mol. The van der Waals surface area contributed by atoms with Gasteiger partial charge in [0.2, 0.25) is 23.1 Å². The van der Waals surface area contributed by atoms with Crippen molar-refractivity contribution in [3.05, 3.63) is 90.2 Å². The van der Waals surface area contributed by atoms with Gasteiger partial charge in [0.25, 0.3) is 11.1 Å². The molecule has 6 rings (SSSR count). The maximum Gasteiger partial charge on any atom is 0.613 e. The molecular formula is C27H26N8O8. The summed E-state index contributed by atoms with van der Waals surface area (Å²) < 4.78 is 28.2. The first-order valence-electron chi connectivity index (χ1n) is 13.0. The van der Waals surface area contributed by atoms with Gasteiger partial charge in [0.05, 0.1) is 0 Å². The smallest absolute Gasteiger partial charge is 0.384 e. The molecule has 2 aromatic heterocycles. The molecule has 2 aromatic carbocycles. The summed E-state index contributed by atoms with van der Waals surface area (Å²) in [5.41, 5.74) is -3.73. The van der Waals surface area contributed by atoms with Gasteiger partial charge in [0.15, 0.2) is 11.5 Å². The van der Waals surface area contributed by atoms with Gasteiger partial charge in [-0.25, -0.2) is 9.59 Å². The van der Waals surface area contributed by atoms with E-state index in [0.29, 0.717) is 0 Å². The number of benzene rings is 2. The van der Waals surface area contributed by atoms with Crippen molar-refractivity contribution in [3.8, 4) is 23.3 Å². The van der Waals surface area contributed by atoms with Crippen LogP contribution in [0.15, 0.2) is 88.2 Å². The second-order valence-electron chi connectivity index (χ2n) is 8.96. The van der Waals surface area contributed by atoms with E-state index in [1.165, 1.54) is 52.5 Å². The van der Waals surface area contributed by atoms with E-state index in [4.69, 9.17) is 18.9 Å². The van der Waals surface area contributed by atoms with Gasteiger partial charge in [-0.2, -0.15) is 0 Å². The number of nitrogens with zero attached hydrogens (tertiary/aromatic N) is 8. The molecule has 0 N–H and O–H groups in total. The molecule has 0 radical (unpaired) electrons. The minimum absolute atomic E-state index is 0.00636. The van der Waals surface area contributed by atoms with E-state index in [-0.39, 0.29) is 34.2 Å². The fourth-order valence-electron chi connectivity index (χ4n) is 4.11. The molecule has 0 amide bonds. The Kier molecular flexibility index (Phi) is 7.27. The lowest BCUT2D eigenvalue weighted by Gasteiger charge is -2.32. The third-order valence-electron chi connectivity index (χ3n) is 6.34. The highest BCUT2D eigenvalue weighted by Crippen LogP contribution is 2.42. The maximum absolute atomic E-state index is 13.2. The summed E-state index contributed by atoms with van der Waals surface area (Å²) in [6, 6.07) is 12.6. The summed E-state index contributed by atoms with van der Waals surface area (Å²) in [6.45, 7) is 4.00. The Balaban J connectivity index is 0.00000180. The predicted octanol–water partition coefficient (Wildman–Crippen LogP) is 3.19. The highest BCUT2D eigenvalue weighted by atomic mass is 17.0. The van der Waals surface area contributed by atoms with Crippen LogP contribution in [0, 0.1) is 0 Å². The van der Waals surface area contributed by atoms with Crippen molar-refractivity contribution in [2.24, 2.45) is 48.6 Å². The summed E-state index contributed by atoms with van der Waals surface area (Å²) in [7, 11) is 5.17. The zero-order valence-electron chi connectivity index (χ0n) is 24.0. The van der Waals surface area contributed by atoms with Crippen LogP contribution in [0.3, 0.4) is 0 Å². The Morgan fingerprint density at radius 2 is 0.907 bits per heavy atom. The molecule has 222 valence electrons. The van der Waals surface area contributed by atoms with E-state index in [1.54, 1.807) is 24.3 Å². The molecule has 0 saturated carbocycles. The van der Waals surface area contributed by atoms with Crippen molar-refractivity contribution >= 4 is 22.7 Å². The third-order valence-corrected chi connectivity index (χ3v) is 6.34. The molecule has 2 aliphatic rings. The van der Waals surface area contributed by atoms with Gasteiger partial charge < -0.3 is 18.9 Å². The van der Waals surface area contributed by atoms with Crippen LogP contribution < -0.4 is 41.4 Å². The molecule has 16 nitrogen and oxygen atoms in total. The average molecular weight is 591 g/mol. The zero-order valence-corrected chi connectivity index (χ0v) is 24.0. The Hall–Kier alpha value is -5.80. The number of rotatable bonds is 0. The molecule has 0 fully saturated rings. The minimum atomic E-state index is -2.76. The summed E-state index contributed by atoms with van der Waals surface area (Å²) in [5.74, 6) is -0.884. The third kappa shape index (κ3) is 4.77. The number of azo groups is 2. The molecule has 4 aromatic rings. The van der Waals surface area contributed by atoms with Gasteiger partial charge >= 0.3 is 17.5 Å². The number of aromatic nitrogens is 4. The normalized spacial score (nSPS) is 16.2. The lowest BCUT2D eigenvalue weighted by molar-refractivity contribution is -0.369. The summed E-state index contributed by atoms with van der Waals surface area (Å²) in [4.78, 5) is 52.2. The average Bonchev–Trinajstić information content (AvgIpc) is 3.13. The van der Waals surface area contributed by atoms with Crippen LogP contribution in [0.1, 0.15) is 13.8 Å². The molecule has 1 spiro atoms. The second-order valence-corrected chi connectivity index (χ2v) is 8.96. The van der Waals surface area contributed by atoms with Crippen LogP contribution in [0.2, 0.25) is 0 Å². The van der Waals surface area contributed by atoms with Crippen molar-refractivity contribution < 1.29 is 18.9 Å². The van der Waals surface area contributed by atoms with E-state index in [9.17, 15) is 19.2 Å². The number of hydrogen-bond acceptors (Lipinski definition) is 12. The SMILES string of the molecule is CC.Cn1c2c(c(=O)n(C)c1=O)N=Nc1ccccc1OC1(Oc3ccccc3N=Nc3c(n(C)c(=O)n(C)c3=O)O1)O2. The van der Waals surface area contributed by atoms with Crippen molar-refractivity contribution in [1.29, 1.82) is 0 Å². The van der Waals surface area contributed by atoms with Crippen LogP contribution in [-0.2, 0) is 28.2 Å². The molecule has 2 aliphatic heterocycles. The molecule has 0 unspecified atom stereocenters. The lowest BCUT2D eigenvalue weighted by Crippen LogP contribution is -2.55. The van der Waals surface area contributed by atoms with Crippen LogP contribution in [-0.4, -0.2) is 24.4 Å². The van der Waals surface area contributed by atoms with Gasteiger partial charge in [-0.05, 0) is 24.3 Å². The topological polar surface area (TPSA) is 174 Å². The standard InChI is InChI=1S/C25H20N8O8.C2H6/c1-30-19(34)17-21(32(3)23(30)36)40-25(38-15-11-7-5-9-13(15)26-28-17)39-16-12-8-6-10-14(16)27-29-18-20(35)31(2)24(37)33(4)22(18)41-25;1-2/h5-12H,1-4H3;1-2H3. The Morgan fingerprint density at radius 3 is 1.30 bits per heavy atom. The maximum atomic E-state index is 13.2. The zero-order chi connectivity index (χ0) is 31.1. The first-order chi connectivity index (χ1) is 20.6. The predicted molar refractivity (Wildman–Crippen MR) is 152 cm³/mol. The van der Waals surface area contributed by atoms with Crippen LogP contribution in [0.5, 0.6) is 23.3 Å². The van der Waals surface area contributed by atoms with Gasteiger partial charge in [0, 0.05) is 28.2 Å². The van der Waals surface area contributed by atoms with Gasteiger partial charge in [-0.3, -0.25) is 27.9 Å². The number of fused-ring (bicyclic) bond motifs is 4. The second kappa shape index (κ2) is 10.9. The first-order valence-corrected chi connectivity index (χ1v) is 13.0. The highest BCUT2D eigenvalue weighted by molar-refractivity contribution is 5.56. The fraction of sp³-hybridized carbons (Fsp3) is 0.259. The van der Waals surface area contributed by atoms with Crippen molar-refractivity contribution in [2.45, 2.75) is 20.0 Å². The minimum Gasteiger partial charge on any atom is -0.384 e. The summed E-state index contributed by atoms with van der Waals surface area (Å²) in [6.07, 6.45) is -2.76. The number of ether oxygens (including phenoxy) is 4. The van der Waals surface area contributed by atoms with E-state index in [1.807, 2.05) is 13.8 Å². The van der Waals surface area contributed by atoms with Gasteiger partial charge in [-0.1, -0.05) is 38.1 Å². The first kappa shape index (κ1) is 28.7. The number of hydrogen-bond donors (Lipinski definition) is 0. The van der Waals surface area contributed by atoms with Crippen molar-refractivity contribution in [2.75, 3.05) is 0 Å². The summed E-state index contributed by atoms with van der Waals surface area (Å²) >= 11 is 0. The molecule has 43 heavy (non-hydrogen) atoms. The van der Waals surface area contributed by atoms with Crippen molar-refractivity contribution in [3.63, 3.8) is 0 Å². The van der Waals surface area contributed by atoms with Crippen molar-refractivity contribution in [1.82, 2.24) is 18.3 Å². The van der Waals surface area contributed by atoms with E-state index in [0.717, 1.165) is 18.3 Å². The molecule has 0 atom stereocenters. The largest absolute Gasteiger partial charge is 0.613 e. The molecule has 4 heterocycles. The van der Waals surface area contributed by atoms with Gasteiger partial charge in [0.1, 0.15) is 11.4 Å². The fourth-order valence-corrected chi connectivity index (χ4v) is 4.11.